The summed E-state index contributed by atoms with van der Waals surface area (Å²) in [5.41, 5.74) is 2.10. The third kappa shape index (κ3) is 4.90. The first kappa shape index (κ1) is 20.7. The summed E-state index contributed by atoms with van der Waals surface area (Å²) in [6.45, 7) is 5.73. The number of aryl methyl sites for hydroxylation is 1. The molecule has 1 heterocycles. The SMILES string of the molecule is Cc1ccc(-c2cc(=O)[nH]c(-c3cc(CNC(=O)C(C)C)ccc3Cl)n2)c(F)c1. The van der Waals surface area contributed by atoms with E-state index in [1.54, 1.807) is 37.3 Å². The van der Waals surface area contributed by atoms with Gasteiger partial charge in [0.05, 0.1) is 10.7 Å². The van der Waals surface area contributed by atoms with E-state index in [-0.39, 0.29) is 28.9 Å². The first-order valence-electron chi connectivity index (χ1n) is 9.19. The van der Waals surface area contributed by atoms with Crippen molar-refractivity contribution < 1.29 is 9.18 Å². The molecule has 0 radical (unpaired) electrons. The van der Waals surface area contributed by atoms with Gasteiger partial charge in [0, 0.05) is 29.7 Å². The fourth-order valence-corrected chi connectivity index (χ4v) is 3.02. The third-order valence-electron chi connectivity index (χ3n) is 4.42. The number of hydrogen-bond donors (Lipinski definition) is 2. The normalized spacial score (nSPS) is 11.0. The molecule has 2 N–H and O–H groups in total. The van der Waals surface area contributed by atoms with Gasteiger partial charge < -0.3 is 10.3 Å². The van der Waals surface area contributed by atoms with Crippen LogP contribution in [-0.4, -0.2) is 15.9 Å². The monoisotopic (exact) mass is 413 g/mol. The molecule has 0 spiro atoms. The van der Waals surface area contributed by atoms with Crippen LogP contribution in [0.15, 0.2) is 47.3 Å². The lowest BCUT2D eigenvalue weighted by Crippen LogP contribution is -2.27. The molecule has 0 fully saturated rings. The Morgan fingerprint density at radius 3 is 2.62 bits per heavy atom. The number of H-pyrrole nitrogens is 1. The average molecular weight is 414 g/mol. The van der Waals surface area contributed by atoms with E-state index in [2.05, 4.69) is 15.3 Å². The molecule has 0 atom stereocenters. The van der Waals surface area contributed by atoms with Crippen molar-refractivity contribution in [3.8, 4) is 22.6 Å². The van der Waals surface area contributed by atoms with Gasteiger partial charge in [-0.3, -0.25) is 9.59 Å². The van der Waals surface area contributed by atoms with E-state index in [4.69, 9.17) is 11.6 Å². The predicted molar refractivity (Wildman–Crippen MR) is 112 cm³/mol. The van der Waals surface area contributed by atoms with Crippen LogP contribution in [0.25, 0.3) is 22.6 Å². The maximum absolute atomic E-state index is 14.4. The maximum atomic E-state index is 14.4. The summed E-state index contributed by atoms with van der Waals surface area (Å²) in [5.74, 6) is -0.412. The lowest BCUT2D eigenvalue weighted by molar-refractivity contribution is -0.124. The number of benzene rings is 2. The Balaban J connectivity index is 2.00. The molecule has 7 heteroatoms. The van der Waals surface area contributed by atoms with Crippen LogP contribution in [0.3, 0.4) is 0 Å². The second-order valence-corrected chi connectivity index (χ2v) is 7.56. The zero-order chi connectivity index (χ0) is 21.1. The van der Waals surface area contributed by atoms with Gasteiger partial charge in [0.15, 0.2) is 0 Å². The van der Waals surface area contributed by atoms with Gasteiger partial charge in [0.25, 0.3) is 5.56 Å². The van der Waals surface area contributed by atoms with Gasteiger partial charge in [-0.1, -0.05) is 37.6 Å². The van der Waals surface area contributed by atoms with Gasteiger partial charge >= 0.3 is 0 Å². The van der Waals surface area contributed by atoms with E-state index in [9.17, 15) is 14.0 Å². The Morgan fingerprint density at radius 2 is 1.93 bits per heavy atom. The van der Waals surface area contributed by atoms with Gasteiger partial charge in [0.1, 0.15) is 11.6 Å². The topological polar surface area (TPSA) is 74.8 Å². The predicted octanol–water partition coefficient (Wildman–Crippen LogP) is 4.48. The van der Waals surface area contributed by atoms with Crippen LogP contribution in [0, 0.1) is 18.7 Å². The van der Waals surface area contributed by atoms with Crippen molar-refractivity contribution >= 4 is 17.5 Å². The lowest BCUT2D eigenvalue weighted by Gasteiger charge is -2.11. The fraction of sp³-hybridized carbons (Fsp3) is 0.227. The zero-order valence-corrected chi connectivity index (χ0v) is 17.1. The minimum Gasteiger partial charge on any atom is -0.352 e. The smallest absolute Gasteiger partial charge is 0.251 e. The second kappa shape index (κ2) is 8.57. The van der Waals surface area contributed by atoms with E-state index in [1.165, 1.54) is 12.1 Å². The van der Waals surface area contributed by atoms with Crippen LogP contribution >= 0.6 is 11.6 Å². The minimum absolute atomic E-state index is 0.0649. The highest BCUT2D eigenvalue weighted by Gasteiger charge is 2.14. The maximum Gasteiger partial charge on any atom is 0.251 e. The summed E-state index contributed by atoms with van der Waals surface area (Å²) in [4.78, 5) is 31.1. The number of hydrogen-bond acceptors (Lipinski definition) is 3. The van der Waals surface area contributed by atoms with Gasteiger partial charge in [-0.05, 0) is 42.3 Å². The van der Waals surface area contributed by atoms with Crippen molar-refractivity contribution in [3.63, 3.8) is 0 Å². The zero-order valence-electron chi connectivity index (χ0n) is 16.3. The highest BCUT2D eigenvalue weighted by molar-refractivity contribution is 6.33. The van der Waals surface area contributed by atoms with Crippen molar-refractivity contribution in [2.45, 2.75) is 27.3 Å². The summed E-state index contributed by atoms with van der Waals surface area (Å²) in [6.07, 6.45) is 0. The van der Waals surface area contributed by atoms with Crippen molar-refractivity contribution in [3.05, 3.63) is 74.8 Å². The van der Waals surface area contributed by atoms with E-state index in [0.29, 0.717) is 17.1 Å². The quantitative estimate of drug-likeness (QED) is 0.647. The Bertz CT molecular complexity index is 1130. The summed E-state index contributed by atoms with van der Waals surface area (Å²) < 4.78 is 14.4. The number of amides is 1. The van der Waals surface area contributed by atoms with Crippen molar-refractivity contribution in [2.75, 3.05) is 0 Å². The average Bonchev–Trinajstić information content (AvgIpc) is 2.66. The molecule has 0 aliphatic carbocycles. The largest absolute Gasteiger partial charge is 0.352 e. The second-order valence-electron chi connectivity index (χ2n) is 7.15. The molecule has 0 aliphatic heterocycles. The van der Waals surface area contributed by atoms with Gasteiger partial charge in [-0.15, -0.1) is 0 Å². The number of carbonyl (C=O) groups excluding carboxylic acids is 1. The Labute approximate surface area is 173 Å². The molecule has 2 aromatic carbocycles. The lowest BCUT2D eigenvalue weighted by atomic mass is 10.1. The molecule has 0 saturated carbocycles. The van der Waals surface area contributed by atoms with E-state index >= 15 is 0 Å². The van der Waals surface area contributed by atoms with Gasteiger partial charge in [-0.2, -0.15) is 0 Å². The Morgan fingerprint density at radius 1 is 1.17 bits per heavy atom. The number of aromatic amines is 1. The molecule has 1 aromatic heterocycles. The van der Waals surface area contributed by atoms with Crippen LogP contribution in [0.1, 0.15) is 25.0 Å². The Kier molecular flexibility index (Phi) is 6.13. The summed E-state index contributed by atoms with van der Waals surface area (Å²) in [5, 5.41) is 3.22. The standard InChI is InChI=1S/C22H21ClFN3O2/c1-12(2)22(29)25-11-14-5-7-17(23)16(9-14)21-26-19(10-20(28)27-21)15-6-4-13(3)8-18(15)24/h4-10,12H,11H2,1-3H3,(H,25,29)(H,26,27,28). The first-order valence-corrected chi connectivity index (χ1v) is 9.57. The summed E-state index contributed by atoms with van der Waals surface area (Å²) >= 11 is 6.32. The number of rotatable bonds is 5. The molecule has 0 saturated heterocycles. The highest BCUT2D eigenvalue weighted by atomic mass is 35.5. The van der Waals surface area contributed by atoms with Crippen LogP contribution < -0.4 is 10.9 Å². The minimum atomic E-state index is -0.453. The number of nitrogens with one attached hydrogen (secondary N) is 2. The molecule has 3 rings (SSSR count). The number of aromatic nitrogens is 2. The van der Waals surface area contributed by atoms with E-state index in [0.717, 1.165) is 11.1 Å². The molecule has 0 aliphatic rings. The van der Waals surface area contributed by atoms with Crippen LogP contribution in [-0.2, 0) is 11.3 Å². The fourth-order valence-electron chi connectivity index (χ4n) is 2.81. The van der Waals surface area contributed by atoms with E-state index < -0.39 is 11.4 Å². The van der Waals surface area contributed by atoms with Crippen molar-refractivity contribution in [2.24, 2.45) is 5.92 Å². The summed E-state index contributed by atoms with van der Waals surface area (Å²) in [7, 11) is 0. The molecule has 0 unspecified atom stereocenters. The molecular formula is C22H21ClFN3O2. The molecule has 5 nitrogen and oxygen atoms in total. The summed E-state index contributed by atoms with van der Waals surface area (Å²) in [6, 6.07) is 11.2. The first-order chi connectivity index (χ1) is 13.7. The van der Waals surface area contributed by atoms with E-state index in [1.807, 2.05) is 13.8 Å². The van der Waals surface area contributed by atoms with Crippen LogP contribution in [0.2, 0.25) is 5.02 Å². The highest BCUT2D eigenvalue weighted by Crippen LogP contribution is 2.28. The molecule has 1 amide bonds. The van der Waals surface area contributed by atoms with Gasteiger partial charge in [-0.25, -0.2) is 9.37 Å². The molecular weight excluding hydrogens is 393 g/mol. The molecule has 150 valence electrons. The number of nitrogens with zero attached hydrogens (tertiary/aromatic N) is 1. The molecule has 29 heavy (non-hydrogen) atoms. The number of carbonyl (C=O) groups is 1. The van der Waals surface area contributed by atoms with Crippen molar-refractivity contribution in [1.29, 1.82) is 0 Å². The third-order valence-corrected chi connectivity index (χ3v) is 4.75. The number of halogens is 2. The molecule has 0 bridgehead atoms. The van der Waals surface area contributed by atoms with Crippen LogP contribution in [0.5, 0.6) is 0 Å². The van der Waals surface area contributed by atoms with Crippen molar-refractivity contribution in [1.82, 2.24) is 15.3 Å². The van der Waals surface area contributed by atoms with Crippen LogP contribution in [0.4, 0.5) is 4.39 Å². The Hall–Kier alpha value is -2.99. The van der Waals surface area contributed by atoms with Gasteiger partial charge in [0.2, 0.25) is 5.91 Å². The molecule has 3 aromatic rings.